The van der Waals surface area contributed by atoms with E-state index in [0.29, 0.717) is 3.57 Å². The fourth-order valence-electron chi connectivity index (χ4n) is 1.72. The van der Waals surface area contributed by atoms with Crippen LogP contribution in [0.1, 0.15) is 6.23 Å². The molecule has 2 heterocycles. The minimum Gasteiger partial charge on any atom is -0.394 e. The van der Waals surface area contributed by atoms with Gasteiger partial charge in [-0.2, -0.15) is 4.98 Å². The van der Waals surface area contributed by atoms with Crippen molar-refractivity contribution in [2.45, 2.75) is 24.6 Å². The van der Waals surface area contributed by atoms with Gasteiger partial charge in [0.1, 0.15) is 18.0 Å². The first kappa shape index (κ1) is 13.6. The standard InChI is InChI=1S/C9H11FIN3O4/c10-5-6(16)4(2-15)18-8(5)14-1-3(11)7(12)13-9(14)17/h1,4-6,8,15-16H,2H2,(H2,12,13,17). The quantitative estimate of drug-likeness (QED) is 0.577. The molecule has 4 unspecified atom stereocenters. The van der Waals surface area contributed by atoms with Gasteiger partial charge in [0.15, 0.2) is 12.4 Å². The number of aliphatic hydroxyl groups excluding tert-OH is 2. The van der Waals surface area contributed by atoms with Crippen LogP contribution in [0, 0.1) is 3.57 Å². The maximum atomic E-state index is 13.8. The van der Waals surface area contributed by atoms with Crippen molar-refractivity contribution in [3.8, 4) is 0 Å². The SMILES string of the molecule is Nc1nc(=O)n(C2OC(CO)C(O)C2F)cc1I. The topological polar surface area (TPSA) is 111 Å². The Balaban J connectivity index is 2.39. The van der Waals surface area contributed by atoms with Gasteiger partial charge in [-0.15, -0.1) is 0 Å². The third-order valence-corrected chi connectivity index (χ3v) is 3.51. The number of ether oxygens (including phenoxy) is 1. The van der Waals surface area contributed by atoms with E-state index in [0.717, 1.165) is 4.57 Å². The fourth-order valence-corrected chi connectivity index (χ4v) is 2.14. The summed E-state index contributed by atoms with van der Waals surface area (Å²) < 4.78 is 20.3. The number of aliphatic hydroxyl groups is 2. The predicted molar refractivity (Wildman–Crippen MR) is 67.5 cm³/mol. The van der Waals surface area contributed by atoms with Crippen LogP contribution in [0.3, 0.4) is 0 Å². The summed E-state index contributed by atoms with van der Waals surface area (Å²) in [5.74, 6) is 0.0458. The summed E-state index contributed by atoms with van der Waals surface area (Å²) in [6, 6.07) is 0. The summed E-state index contributed by atoms with van der Waals surface area (Å²) >= 11 is 1.84. The van der Waals surface area contributed by atoms with Crippen LogP contribution in [-0.2, 0) is 4.74 Å². The first-order chi connectivity index (χ1) is 8.45. The third-order valence-electron chi connectivity index (χ3n) is 2.68. The van der Waals surface area contributed by atoms with E-state index in [2.05, 4.69) is 4.98 Å². The second-order valence-electron chi connectivity index (χ2n) is 3.85. The van der Waals surface area contributed by atoms with Crippen LogP contribution in [0.25, 0.3) is 0 Å². The molecule has 4 atom stereocenters. The maximum Gasteiger partial charge on any atom is 0.351 e. The Hall–Kier alpha value is -0.780. The zero-order valence-corrected chi connectivity index (χ0v) is 11.2. The molecule has 0 aromatic carbocycles. The highest BCUT2D eigenvalue weighted by Crippen LogP contribution is 2.31. The molecule has 1 aliphatic rings. The van der Waals surface area contributed by atoms with Crippen molar-refractivity contribution < 1.29 is 19.3 Å². The molecule has 1 aromatic rings. The van der Waals surface area contributed by atoms with E-state index < -0.39 is 36.9 Å². The lowest BCUT2D eigenvalue weighted by molar-refractivity contribution is -0.0491. The molecule has 4 N–H and O–H groups in total. The van der Waals surface area contributed by atoms with Gasteiger partial charge in [0, 0.05) is 6.20 Å². The molecule has 1 aliphatic heterocycles. The molecular formula is C9H11FIN3O4. The van der Waals surface area contributed by atoms with E-state index in [-0.39, 0.29) is 5.82 Å². The molecule has 0 aliphatic carbocycles. The molecule has 18 heavy (non-hydrogen) atoms. The predicted octanol–water partition coefficient (Wildman–Crippen LogP) is -0.981. The van der Waals surface area contributed by atoms with Crippen LogP contribution in [-0.4, -0.2) is 44.8 Å². The van der Waals surface area contributed by atoms with Gasteiger partial charge < -0.3 is 20.7 Å². The van der Waals surface area contributed by atoms with Crippen molar-refractivity contribution in [3.63, 3.8) is 0 Å². The van der Waals surface area contributed by atoms with E-state index >= 15 is 0 Å². The van der Waals surface area contributed by atoms with Gasteiger partial charge in [-0.3, -0.25) is 4.57 Å². The number of nitrogens with two attached hydrogens (primary N) is 1. The summed E-state index contributed by atoms with van der Waals surface area (Å²) in [7, 11) is 0. The molecule has 0 radical (unpaired) electrons. The number of halogens is 2. The Morgan fingerprint density at radius 1 is 1.67 bits per heavy atom. The first-order valence-corrected chi connectivity index (χ1v) is 6.16. The number of anilines is 1. The molecule has 0 saturated carbocycles. The Morgan fingerprint density at radius 2 is 2.33 bits per heavy atom. The lowest BCUT2D eigenvalue weighted by atomic mass is 10.1. The highest BCUT2D eigenvalue weighted by Gasteiger charge is 2.45. The number of hydrogen-bond acceptors (Lipinski definition) is 6. The second-order valence-corrected chi connectivity index (χ2v) is 5.01. The number of nitrogen functional groups attached to an aromatic ring is 1. The van der Waals surface area contributed by atoms with Crippen molar-refractivity contribution in [1.29, 1.82) is 0 Å². The van der Waals surface area contributed by atoms with Gasteiger partial charge in [0.2, 0.25) is 0 Å². The van der Waals surface area contributed by atoms with Gasteiger partial charge in [0.05, 0.1) is 10.2 Å². The monoisotopic (exact) mass is 371 g/mol. The molecular weight excluding hydrogens is 360 g/mol. The Bertz CT molecular complexity index is 511. The molecule has 100 valence electrons. The average Bonchev–Trinajstić information content (AvgIpc) is 2.61. The van der Waals surface area contributed by atoms with Crippen LogP contribution in [0.15, 0.2) is 11.0 Å². The number of rotatable bonds is 2. The van der Waals surface area contributed by atoms with Gasteiger partial charge >= 0.3 is 5.69 Å². The normalized spacial score (nSPS) is 31.8. The Labute approximate surface area is 115 Å². The van der Waals surface area contributed by atoms with Crippen LogP contribution in [0.2, 0.25) is 0 Å². The molecule has 1 aromatic heterocycles. The van der Waals surface area contributed by atoms with Gasteiger partial charge in [-0.25, -0.2) is 9.18 Å². The summed E-state index contributed by atoms with van der Waals surface area (Å²) in [5, 5.41) is 18.4. The second kappa shape index (κ2) is 5.07. The molecule has 9 heteroatoms. The van der Waals surface area contributed by atoms with Crippen LogP contribution < -0.4 is 11.4 Å². The minimum absolute atomic E-state index is 0.0458. The number of aromatic nitrogens is 2. The van der Waals surface area contributed by atoms with Gasteiger partial charge in [-0.05, 0) is 22.6 Å². The fraction of sp³-hybridized carbons (Fsp3) is 0.556. The molecule has 2 rings (SSSR count). The molecule has 7 nitrogen and oxygen atoms in total. The van der Waals surface area contributed by atoms with E-state index in [1.165, 1.54) is 6.20 Å². The molecule has 1 fully saturated rings. The lowest BCUT2D eigenvalue weighted by Gasteiger charge is -2.16. The van der Waals surface area contributed by atoms with Crippen molar-refractivity contribution in [1.82, 2.24) is 9.55 Å². The zero-order valence-electron chi connectivity index (χ0n) is 9.03. The maximum absolute atomic E-state index is 13.8. The summed E-state index contributed by atoms with van der Waals surface area (Å²) in [6.07, 6.45) is -4.38. The summed E-state index contributed by atoms with van der Waals surface area (Å²) in [5.41, 5.74) is 4.68. The third kappa shape index (κ3) is 2.22. The zero-order chi connectivity index (χ0) is 13.4. The van der Waals surface area contributed by atoms with Crippen LogP contribution in [0.4, 0.5) is 10.2 Å². The van der Waals surface area contributed by atoms with E-state index in [1.807, 2.05) is 22.6 Å². The largest absolute Gasteiger partial charge is 0.394 e. The lowest BCUT2D eigenvalue weighted by Crippen LogP contribution is -2.34. The van der Waals surface area contributed by atoms with E-state index in [4.69, 9.17) is 15.6 Å². The van der Waals surface area contributed by atoms with Crippen molar-refractivity contribution in [2.75, 3.05) is 12.3 Å². The van der Waals surface area contributed by atoms with Crippen molar-refractivity contribution in [3.05, 3.63) is 20.3 Å². The first-order valence-electron chi connectivity index (χ1n) is 5.08. The highest BCUT2D eigenvalue weighted by atomic mass is 127. The molecule has 0 amide bonds. The minimum atomic E-state index is -1.82. The number of hydrogen-bond donors (Lipinski definition) is 3. The van der Waals surface area contributed by atoms with E-state index in [9.17, 15) is 14.3 Å². The molecule has 1 saturated heterocycles. The Kier molecular flexibility index (Phi) is 3.84. The van der Waals surface area contributed by atoms with Crippen LogP contribution >= 0.6 is 22.6 Å². The van der Waals surface area contributed by atoms with Crippen LogP contribution in [0.5, 0.6) is 0 Å². The van der Waals surface area contributed by atoms with Gasteiger partial charge in [0.25, 0.3) is 0 Å². The highest BCUT2D eigenvalue weighted by molar-refractivity contribution is 14.1. The Morgan fingerprint density at radius 3 is 2.89 bits per heavy atom. The number of nitrogens with zero attached hydrogens (tertiary/aromatic N) is 2. The smallest absolute Gasteiger partial charge is 0.351 e. The number of alkyl halides is 1. The van der Waals surface area contributed by atoms with Gasteiger partial charge in [-0.1, -0.05) is 0 Å². The summed E-state index contributed by atoms with van der Waals surface area (Å²) in [4.78, 5) is 15.1. The van der Waals surface area contributed by atoms with Crippen molar-refractivity contribution >= 4 is 28.4 Å². The average molecular weight is 371 g/mol. The summed E-state index contributed by atoms with van der Waals surface area (Å²) in [6.45, 7) is -0.535. The van der Waals surface area contributed by atoms with Crippen molar-refractivity contribution in [2.24, 2.45) is 0 Å². The molecule has 0 spiro atoms. The molecule has 0 bridgehead atoms. The van der Waals surface area contributed by atoms with E-state index in [1.54, 1.807) is 0 Å².